The molecule has 0 saturated carbocycles. The molecular weight excluding hydrogens is 222 g/mol. The molecule has 0 radical (unpaired) electrons. The molecule has 0 N–H and O–H groups in total. The Labute approximate surface area is 99.8 Å². The predicted octanol–water partition coefficient (Wildman–Crippen LogP) is 1.05. The summed E-state index contributed by atoms with van der Waals surface area (Å²) in [6, 6.07) is 0. The number of allylic oxidation sites excluding steroid dienone is 2. The number of nitrogens with zero attached hydrogens (tertiary/aromatic N) is 1. The summed E-state index contributed by atoms with van der Waals surface area (Å²) in [6.07, 6.45) is 6.00. The van der Waals surface area contributed by atoms with Crippen molar-refractivity contribution in [2.24, 2.45) is 4.99 Å². The van der Waals surface area contributed by atoms with Gasteiger partial charge in [0.2, 0.25) is 0 Å². The van der Waals surface area contributed by atoms with Crippen LogP contribution in [0.4, 0.5) is 0 Å². The molecule has 0 unspecified atom stereocenters. The van der Waals surface area contributed by atoms with Gasteiger partial charge in [-0.2, -0.15) is 0 Å². The first kappa shape index (κ1) is 13.2. The molecule has 1 aliphatic rings. The molecule has 0 amide bonds. The summed E-state index contributed by atoms with van der Waals surface area (Å²) in [5.41, 5.74) is 1.36. The zero-order chi connectivity index (χ0) is 12.7. The summed E-state index contributed by atoms with van der Waals surface area (Å²) in [6.45, 7) is 0.397. The van der Waals surface area contributed by atoms with Crippen molar-refractivity contribution in [1.29, 1.82) is 0 Å². The number of rotatable bonds is 4. The van der Waals surface area contributed by atoms with Crippen LogP contribution in [0.5, 0.6) is 0 Å². The van der Waals surface area contributed by atoms with E-state index in [4.69, 9.17) is 0 Å². The van der Waals surface area contributed by atoms with Crippen LogP contribution in [0.25, 0.3) is 0 Å². The third-order valence-corrected chi connectivity index (χ3v) is 2.27. The average Bonchev–Trinajstić information content (AvgIpc) is 2.38. The minimum Gasteiger partial charge on any atom is -0.469 e. The highest BCUT2D eigenvalue weighted by molar-refractivity contribution is 6.02. The Bertz CT molecular complexity index is 393. The number of hydrogen-bond acceptors (Lipinski definition) is 5. The average molecular weight is 237 g/mol. The van der Waals surface area contributed by atoms with Gasteiger partial charge in [0.1, 0.15) is 0 Å². The van der Waals surface area contributed by atoms with Crippen LogP contribution in [0.15, 0.2) is 28.8 Å². The number of aliphatic imine (C=N–C) groups is 1. The van der Waals surface area contributed by atoms with Crippen molar-refractivity contribution in [3.05, 3.63) is 23.8 Å². The van der Waals surface area contributed by atoms with Gasteiger partial charge in [0.15, 0.2) is 0 Å². The van der Waals surface area contributed by atoms with Crippen LogP contribution in [0.3, 0.4) is 0 Å². The summed E-state index contributed by atoms with van der Waals surface area (Å²) in [7, 11) is 2.69. The highest BCUT2D eigenvalue weighted by Crippen LogP contribution is 2.10. The minimum atomic E-state index is -0.352. The van der Waals surface area contributed by atoms with Crippen LogP contribution >= 0.6 is 0 Å². The van der Waals surface area contributed by atoms with E-state index < -0.39 is 0 Å². The summed E-state index contributed by atoms with van der Waals surface area (Å²) >= 11 is 0. The van der Waals surface area contributed by atoms with E-state index in [-0.39, 0.29) is 18.4 Å². The maximum Gasteiger partial charge on any atom is 0.337 e. The Morgan fingerprint density at radius 3 is 2.59 bits per heavy atom. The van der Waals surface area contributed by atoms with E-state index in [0.717, 1.165) is 5.71 Å². The van der Waals surface area contributed by atoms with Crippen molar-refractivity contribution < 1.29 is 19.1 Å². The van der Waals surface area contributed by atoms with Crippen LogP contribution in [-0.2, 0) is 19.1 Å². The number of methoxy groups -OCH3 is 2. The van der Waals surface area contributed by atoms with E-state index >= 15 is 0 Å². The Morgan fingerprint density at radius 2 is 2.06 bits per heavy atom. The summed E-state index contributed by atoms with van der Waals surface area (Å²) in [5.74, 6) is -0.630. The van der Waals surface area contributed by atoms with Gasteiger partial charge in [0.25, 0.3) is 0 Å². The van der Waals surface area contributed by atoms with Crippen LogP contribution in [-0.4, -0.2) is 38.4 Å². The molecule has 5 nitrogen and oxygen atoms in total. The monoisotopic (exact) mass is 237 g/mol. The van der Waals surface area contributed by atoms with Gasteiger partial charge in [-0.3, -0.25) is 9.79 Å². The Hall–Kier alpha value is -1.91. The largest absolute Gasteiger partial charge is 0.469 e. The third kappa shape index (κ3) is 4.22. The third-order valence-electron chi connectivity index (χ3n) is 2.27. The van der Waals surface area contributed by atoms with Crippen molar-refractivity contribution >= 4 is 17.7 Å². The van der Waals surface area contributed by atoms with Gasteiger partial charge in [0.05, 0.1) is 26.2 Å². The lowest BCUT2D eigenvalue weighted by molar-refractivity contribution is -0.140. The van der Waals surface area contributed by atoms with Gasteiger partial charge >= 0.3 is 11.9 Å². The number of carbonyl (C=O) groups is 2. The van der Waals surface area contributed by atoms with Crippen molar-refractivity contribution in [1.82, 2.24) is 0 Å². The van der Waals surface area contributed by atoms with E-state index in [2.05, 4.69) is 14.5 Å². The molecule has 92 valence electrons. The maximum absolute atomic E-state index is 11.2. The fourth-order valence-corrected chi connectivity index (χ4v) is 1.32. The second kappa shape index (κ2) is 6.62. The number of esters is 2. The predicted molar refractivity (Wildman–Crippen MR) is 62.8 cm³/mol. The highest BCUT2D eigenvalue weighted by atomic mass is 16.5. The summed E-state index contributed by atoms with van der Waals surface area (Å²) in [4.78, 5) is 26.2. The minimum absolute atomic E-state index is 0.265. The standard InChI is InChI=1S/C12H15NO4/c1-16-11(14)7-8-13-10-5-3-9(4-6-10)12(15)17-2/h3-5H,6-8H2,1-2H3. The van der Waals surface area contributed by atoms with Crippen molar-refractivity contribution in [2.75, 3.05) is 20.8 Å². The number of carbonyl (C=O) groups excluding carboxylic acids is 2. The molecule has 5 heteroatoms. The van der Waals surface area contributed by atoms with E-state index in [1.807, 2.05) is 0 Å². The molecule has 0 aromatic heterocycles. The molecule has 0 fully saturated rings. The number of ether oxygens (including phenoxy) is 2. The number of hydrogen-bond donors (Lipinski definition) is 0. The Morgan fingerprint density at radius 1 is 1.29 bits per heavy atom. The molecule has 17 heavy (non-hydrogen) atoms. The van der Waals surface area contributed by atoms with Crippen LogP contribution < -0.4 is 0 Å². The molecule has 0 spiro atoms. The lowest BCUT2D eigenvalue weighted by atomic mass is 10.1. The van der Waals surface area contributed by atoms with Gasteiger partial charge < -0.3 is 9.47 Å². The fourth-order valence-electron chi connectivity index (χ4n) is 1.32. The first-order chi connectivity index (χ1) is 8.17. The van der Waals surface area contributed by atoms with E-state index in [1.165, 1.54) is 14.2 Å². The molecule has 0 bridgehead atoms. The van der Waals surface area contributed by atoms with Gasteiger partial charge in [-0.25, -0.2) is 4.79 Å². The molecule has 0 atom stereocenters. The first-order valence-electron chi connectivity index (χ1n) is 5.24. The maximum atomic E-state index is 11.2. The molecular formula is C12H15NO4. The van der Waals surface area contributed by atoms with Gasteiger partial charge in [-0.15, -0.1) is 0 Å². The molecule has 1 rings (SSSR count). The van der Waals surface area contributed by atoms with E-state index in [1.54, 1.807) is 18.2 Å². The Kier molecular flexibility index (Phi) is 5.13. The summed E-state index contributed by atoms with van der Waals surface area (Å²) in [5, 5.41) is 0. The smallest absolute Gasteiger partial charge is 0.337 e. The zero-order valence-corrected chi connectivity index (χ0v) is 9.93. The van der Waals surface area contributed by atoms with Gasteiger partial charge in [0, 0.05) is 18.7 Å². The van der Waals surface area contributed by atoms with Gasteiger partial charge in [-0.1, -0.05) is 6.08 Å². The molecule has 0 aromatic rings. The van der Waals surface area contributed by atoms with Gasteiger partial charge in [-0.05, 0) is 12.2 Å². The fraction of sp³-hybridized carbons (Fsp3) is 0.417. The topological polar surface area (TPSA) is 65.0 Å². The second-order valence-electron chi connectivity index (χ2n) is 3.39. The Balaban J connectivity index is 2.44. The first-order valence-corrected chi connectivity index (χ1v) is 5.24. The zero-order valence-electron chi connectivity index (χ0n) is 9.93. The lowest BCUT2D eigenvalue weighted by Gasteiger charge is -2.06. The van der Waals surface area contributed by atoms with Crippen LogP contribution in [0.1, 0.15) is 12.8 Å². The molecule has 0 aromatic carbocycles. The second-order valence-corrected chi connectivity index (χ2v) is 3.39. The molecule has 1 aliphatic carbocycles. The normalized spacial score (nSPS) is 16.6. The van der Waals surface area contributed by atoms with Crippen LogP contribution in [0, 0.1) is 0 Å². The lowest BCUT2D eigenvalue weighted by Crippen LogP contribution is -2.08. The van der Waals surface area contributed by atoms with Crippen molar-refractivity contribution in [2.45, 2.75) is 12.8 Å². The van der Waals surface area contributed by atoms with Crippen molar-refractivity contribution in [3.63, 3.8) is 0 Å². The van der Waals surface area contributed by atoms with Crippen LogP contribution in [0.2, 0.25) is 0 Å². The van der Waals surface area contributed by atoms with E-state index in [0.29, 0.717) is 18.5 Å². The molecule has 0 aliphatic heterocycles. The SMILES string of the molecule is COC(=O)CCN=C1C=CC(C(=O)OC)=CC1. The van der Waals surface area contributed by atoms with Crippen molar-refractivity contribution in [3.8, 4) is 0 Å². The van der Waals surface area contributed by atoms with E-state index in [9.17, 15) is 9.59 Å². The summed E-state index contributed by atoms with van der Waals surface area (Å²) < 4.78 is 9.10. The highest BCUT2D eigenvalue weighted by Gasteiger charge is 2.10. The molecule has 0 saturated heterocycles. The quantitative estimate of drug-likeness (QED) is 0.685. The molecule has 0 heterocycles.